The molecule has 0 fully saturated rings. The van der Waals surface area contributed by atoms with Gasteiger partial charge in [0.25, 0.3) is 0 Å². The van der Waals surface area contributed by atoms with Crippen LogP contribution < -0.4 is 4.90 Å². The second kappa shape index (κ2) is 5.53. The van der Waals surface area contributed by atoms with Gasteiger partial charge in [-0.1, -0.05) is 18.2 Å². The third-order valence-electron chi connectivity index (χ3n) is 3.83. The van der Waals surface area contributed by atoms with Gasteiger partial charge in [0, 0.05) is 12.2 Å². The van der Waals surface area contributed by atoms with Crippen LogP contribution in [0, 0.1) is 23.0 Å². The van der Waals surface area contributed by atoms with E-state index in [1.165, 1.54) is 12.1 Å². The number of nitrogens with zero attached hydrogens (tertiary/aromatic N) is 2. The Morgan fingerprint density at radius 2 is 1.76 bits per heavy atom. The van der Waals surface area contributed by atoms with Gasteiger partial charge >= 0.3 is 0 Å². The van der Waals surface area contributed by atoms with Crippen LogP contribution in [0.1, 0.15) is 24.0 Å². The molecule has 0 bridgehead atoms. The third kappa shape index (κ3) is 2.36. The molecule has 0 N–H and O–H groups in total. The second-order valence-electron chi connectivity index (χ2n) is 5.11. The number of hydrogen-bond donors (Lipinski definition) is 0. The van der Waals surface area contributed by atoms with Crippen molar-refractivity contribution in [2.45, 2.75) is 19.3 Å². The van der Waals surface area contributed by atoms with Crippen molar-refractivity contribution in [3.63, 3.8) is 0 Å². The number of anilines is 2. The number of rotatable bonds is 1. The molecular weight excluding hydrogens is 270 g/mol. The number of nitriles is 1. The van der Waals surface area contributed by atoms with Crippen LogP contribution in [0.5, 0.6) is 0 Å². The van der Waals surface area contributed by atoms with Crippen LogP contribution in [0.15, 0.2) is 36.4 Å². The van der Waals surface area contributed by atoms with Crippen molar-refractivity contribution in [3.05, 3.63) is 59.2 Å². The Kier molecular flexibility index (Phi) is 3.57. The van der Waals surface area contributed by atoms with E-state index in [1.54, 1.807) is 6.07 Å². The highest BCUT2D eigenvalue weighted by Gasteiger charge is 2.22. The molecule has 3 rings (SSSR count). The molecular formula is C17H14F2N2. The Morgan fingerprint density at radius 1 is 0.952 bits per heavy atom. The molecule has 0 aromatic heterocycles. The molecule has 0 radical (unpaired) electrons. The third-order valence-corrected chi connectivity index (χ3v) is 3.83. The Labute approximate surface area is 122 Å². The minimum atomic E-state index is -1.07. The normalized spacial score (nSPS) is 14.2. The van der Waals surface area contributed by atoms with E-state index in [0.717, 1.165) is 30.5 Å². The molecule has 0 amide bonds. The van der Waals surface area contributed by atoms with Gasteiger partial charge in [-0.15, -0.1) is 0 Å². The molecule has 1 heterocycles. The molecule has 4 heteroatoms. The molecule has 0 aliphatic carbocycles. The summed E-state index contributed by atoms with van der Waals surface area (Å²) in [6, 6.07) is 12.3. The quantitative estimate of drug-likeness (QED) is 0.780. The van der Waals surface area contributed by atoms with Crippen molar-refractivity contribution in [2.24, 2.45) is 0 Å². The summed E-state index contributed by atoms with van der Waals surface area (Å²) in [6.45, 7) is 0.638. The lowest BCUT2D eigenvalue weighted by Gasteiger charge is -2.25. The number of halogens is 2. The maximum Gasteiger partial charge on any atom is 0.183 e. The molecule has 1 aliphatic rings. The highest BCUT2D eigenvalue weighted by molar-refractivity contribution is 5.68. The Morgan fingerprint density at radius 3 is 2.57 bits per heavy atom. The minimum absolute atomic E-state index is 0.195. The van der Waals surface area contributed by atoms with Crippen LogP contribution in [0.2, 0.25) is 0 Å². The number of fused-ring (bicyclic) bond motifs is 1. The standard InChI is InChI=1S/C17H14F2N2/c18-16-13(11-20)8-9-15(17(16)19)21-10-4-3-6-12-5-1-2-7-14(12)21/h1-2,5,7-9H,3-4,6,10H2. The average Bonchev–Trinajstić information content (AvgIpc) is 2.72. The first kappa shape index (κ1) is 13.6. The zero-order valence-corrected chi connectivity index (χ0v) is 11.4. The molecule has 0 unspecified atom stereocenters. The van der Waals surface area contributed by atoms with Crippen molar-refractivity contribution in [2.75, 3.05) is 11.4 Å². The fraction of sp³-hybridized carbons (Fsp3) is 0.235. The Balaban J connectivity index is 2.13. The highest BCUT2D eigenvalue weighted by Crippen LogP contribution is 2.35. The number of para-hydroxylation sites is 1. The van der Waals surface area contributed by atoms with Gasteiger partial charge in [0.05, 0.1) is 11.3 Å². The topological polar surface area (TPSA) is 27.0 Å². The van der Waals surface area contributed by atoms with E-state index >= 15 is 0 Å². The van der Waals surface area contributed by atoms with E-state index in [0.29, 0.717) is 6.54 Å². The van der Waals surface area contributed by atoms with Crippen LogP contribution >= 0.6 is 0 Å². The van der Waals surface area contributed by atoms with Crippen molar-refractivity contribution < 1.29 is 8.78 Å². The van der Waals surface area contributed by atoms with Gasteiger partial charge in [0.15, 0.2) is 11.6 Å². The zero-order valence-electron chi connectivity index (χ0n) is 11.4. The van der Waals surface area contributed by atoms with Gasteiger partial charge < -0.3 is 4.90 Å². The molecule has 0 saturated heterocycles. The molecule has 2 nitrogen and oxygen atoms in total. The van der Waals surface area contributed by atoms with Gasteiger partial charge in [-0.05, 0) is 43.0 Å². The highest BCUT2D eigenvalue weighted by atomic mass is 19.2. The van der Waals surface area contributed by atoms with Crippen LogP contribution in [0.4, 0.5) is 20.2 Å². The zero-order chi connectivity index (χ0) is 14.8. The smallest absolute Gasteiger partial charge is 0.183 e. The fourth-order valence-electron chi connectivity index (χ4n) is 2.78. The van der Waals surface area contributed by atoms with E-state index in [2.05, 4.69) is 0 Å². The summed E-state index contributed by atoms with van der Waals surface area (Å²) in [5, 5.41) is 8.78. The van der Waals surface area contributed by atoms with Crippen LogP contribution in [-0.2, 0) is 6.42 Å². The fourth-order valence-corrected chi connectivity index (χ4v) is 2.78. The van der Waals surface area contributed by atoms with E-state index < -0.39 is 11.6 Å². The molecule has 0 spiro atoms. The number of hydrogen-bond acceptors (Lipinski definition) is 2. The summed E-state index contributed by atoms with van der Waals surface area (Å²) >= 11 is 0. The van der Waals surface area contributed by atoms with E-state index in [4.69, 9.17) is 5.26 Å². The van der Waals surface area contributed by atoms with Crippen molar-refractivity contribution in [1.82, 2.24) is 0 Å². The molecule has 21 heavy (non-hydrogen) atoms. The maximum atomic E-state index is 14.3. The van der Waals surface area contributed by atoms with Gasteiger partial charge in [-0.25, -0.2) is 8.78 Å². The summed E-state index contributed by atoms with van der Waals surface area (Å²) in [5.74, 6) is -2.03. The summed E-state index contributed by atoms with van der Waals surface area (Å²) in [6.07, 6.45) is 2.87. The van der Waals surface area contributed by atoms with Crippen LogP contribution in [0.3, 0.4) is 0 Å². The molecule has 106 valence electrons. The summed E-state index contributed by atoms with van der Waals surface area (Å²) in [5.41, 5.74) is 1.98. The number of benzene rings is 2. The summed E-state index contributed by atoms with van der Waals surface area (Å²) in [7, 11) is 0. The molecule has 2 aromatic carbocycles. The Hall–Kier alpha value is -2.41. The lowest BCUT2D eigenvalue weighted by molar-refractivity contribution is 0.506. The predicted octanol–water partition coefficient (Wildman–Crippen LogP) is 4.31. The average molecular weight is 284 g/mol. The SMILES string of the molecule is N#Cc1ccc(N2CCCCc3ccccc32)c(F)c1F. The summed E-state index contributed by atoms with van der Waals surface area (Å²) in [4.78, 5) is 1.81. The molecule has 0 atom stereocenters. The first-order chi connectivity index (χ1) is 10.2. The number of aryl methyl sites for hydroxylation is 1. The first-order valence-electron chi connectivity index (χ1n) is 6.96. The minimum Gasteiger partial charge on any atom is -0.339 e. The van der Waals surface area contributed by atoms with Crippen molar-refractivity contribution >= 4 is 11.4 Å². The molecule has 0 saturated carbocycles. The largest absolute Gasteiger partial charge is 0.339 e. The van der Waals surface area contributed by atoms with Gasteiger partial charge in [-0.2, -0.15) is 5.26 Å². The maximum absolute atomic E-state index is 14.3. The molecule has 2 aromatic rings. The lowest BCUT2D eigenvalue weighted by Crippen LogP contribution is -2.19. The van der Waals surface area contributed by atoms with E-state index in [9.17, 15) is 8.78 Å². The van der Waals surface area contributed by atoms with Gasteiger partial charge in [0.2, 0.25) is 0 Å². The van der Waals surface area contributed by atoms with E-state index in [1.807, 2.05) is 29.2 Å². The summed E-state index contributed by atoms with van der Waals surface area (Å²) < 4.78 is 28.2. The lowest BCUT2D eigenvalue weighted by atomic mass is 10.1. The van der Waals surface area contributed by atoms with Crippen molar-refractivity contribution in [3.8, 4) is 6.07 Å². The predicted molar refractivity (Wildman–Crippen MR) is 77.5 cm³/mol. The van der Waals surface area contributed by atoms with Crippen molar-refractivity contribution in [1.29, 1.82) is 5.26 Å². The van der Waals surface area contributed by atoms with Gasteiger partial charge in [0.1, 0.15) is 6.07 Å². The second-order valence-corrected chi connectivity index (χ2v) is 5.11. The van der Waals surface area contributed by atoms with E-state index in [-0.39, 0.29) is 11.3 Å². The monoisotopic (exact) mass is 284 g/mol. The van der Waals surface area contributed by atoms with Crippen LogP contribution in [-0.4, -0.2) is 6.54 Å². The first-order valence-corrected chi connectivity index (χ1v) is 6.96. The molecule has 1 aliphatic heterocycles. The van der Waals surface area contributed by atoms with Gasteiger partial charge in [-0.3, -0.25) is 0 Å². The Bertz CT molecular complexity index is 719. The van der Waals surface area contributed by atoms with Crippen LogP contribution in [0.25, 0.3) is 0 Å².